The van der Waals surface area contributed by atoms with Crippen LogP contribution in [0.3, 0.4) is 0 Å². The average molecular weight is 316 g/mol. The predicted molar refractivity (Wildman–Crippen MR) is 91.9 cm³/mol. The topological polar surface area (TPSA) is 36.7 Å². The summed E-state index contributed by atoms with van der Waals surface area (Å²) in [6, 6.07) is 4.40. The molecule has 23 heavy (non-hydrogen) atoms. The van der Waals surface area contributed by atoms with E-state index < -0.39 is 0 Å². The molecule has 1 aromatic rings. The van der Waals surface area contributed by atoms with Gasteiger partial charge in [0.25, 0.3) is 0 Å². The normalized spacial score (nSPS) is 23.4. The van der Waals surface area contributed by atoms with Gasteiger partial charge in [0.05, 0.1) is 6.26 Å². The summed E-state index contributed by atoms with van der Waals surface area (Å²) in [6.07, 6.45) is 9.50. The lowest BCUT2D eigenvalue weighted by Crippen LogP contribution is -2.35. The maximum absolute atomic E-state index is 12.3. The van der Waals surface area contributed by atoms with Gasteiger partial charge in [0.1, 0.15) is 5.76 Å². The number of rotatable bonds is 6. The monoisotopic (exact) mass is 316 g/mol. The third-order valence-electron chi connectivity index (χ3n) is 5.03. The van der Waals surface area contributed by atoms with E-state index in [1.54, 1.807) is 6.26 Å². The van der Waals surface area contributed by atoms with Gasteiger partial charge in [-0.2, -0.15) is 0 Å². The summed E-state index contributed by atoms with van der Waals surface area (Å²) in [7, 11) is 2.14. The second kappa shape index (κ2) is 7.35. The minimum atomic E-state index is 0.373. The van der Waals surface area contributed by atoms with Crippen LogP contribution in [0.4, 0.5) is 0 Å². The Morgan fingerprint density at radius 1 is 1.43 bits per heavy atom. The first kappa shape index (κ1) is 16.3. The molecular weight excluding hydrogens is 288 g/mol. The van der Waals surface area contributed by atoms with Gasteiger partial charge >= 0.3 is 0 Å². The Hall–Kier alpha value is -1.55. The molecule has 2 fully saturated rings. The highest BCUT2D eigenvalue weighted by Gasteiger charge is 2.35. The molecule has 4 nitrogen and oxygen atoms in total. The van der Waals surface area contributed by atoms with Crippen molar-refractivity contribution in [1.29, 1.82) is 0 Å². The minimum Gasteiger partial charge on any atom is -0.465 e. The summed E-state index contributed by atoms with van der Waals surface area (Å²) in [5.41, 5.74) is 1.28. The van der Waals surface area contributed by atoms with Crippen LogP contribution < -0.4 is 0 Å². The zero-order valence-electron chi connectivity index (χ0n) is 14.3. The molecule has 2 aliphatic rings. The maximum atomic E-state index is 12.3. The lowest BCUT2D eigenvalue weighted by molar-refractivity contribution is -0.129. The fourth-order valence-electron chi connectivity index (χ4n) is 4.09. The summed E-state index contributed by atoms with van der Waals surface area (Å²) < 4.78 is 5.36. The number of likely N-dealkylation sites (N-methyl/N-ethyl adjacent to an activating group) is 1. The van der Waals surface area contributed by atoms with Crippen molar-refractivity contribution >= 4 is 12.0 Å². The molecule has 1 atom stereocenters. The number of hydrogen-bond donors (Lipinski definition) is 0. The summed E-state index contributed by atoms with van der Waals surface area (Å²) in [6.45, 7) is 4.98. The Kier molecular flexibility index (Phi) is 5.21. The van der Waals surface area contributed by atoms with Gasteiger partial charge in [0, 0.05) is 32.1 Å². The third-order valence-corrected chi connectivity index (χ3v) is 5.03. The number of carbonyl (C=O) groups is 1. The first-order valence-corrected chi connectivity index (χ1v) is 8.80. The molecule has 0 bridgehead atoms. The van der Waals surface area contributed by atoms with Crippen LogP contribution in [0.5, 0.6) is 0 Å². The molecule has 0 aromatic carbocycles. The molecule has 1 amide bonds. The van der Waals surface area contributed by atoms with Crippen LogP contribution >= 0.6 is 0 Å². The summed E-state index contributed by atoms with van der Waals surface area (Å²) in [5, 5.41) is 0. The fraction of sp³-hybridized carbons (Fsp3) is 0.632. The van der Waals surface area contributed by atoms with Gasteiger partial charge in [-0.3, -0.25) is 4.79 Å². The van der Waals surface area contributed by atoms with Crippen LogP contribution in [0.2, 0.25) is 0 Å². The van der Waals surface area contributed by atoms with Crippen molar-refractivity contribution in [2.75, 3.05) is 26.7 Å². The van der Waals surface area contributed by atoms with E-state index in [2.05, 4.69) is 29.8 Å². The number of likely N-dealkylation sites (tertiary alicyclic amines) is 1. The molecule has 4 heteroatoms. The fourth-order valence-corrected chi connectivity index (χ4v) is 4.09. The highest BCUT2D eigenvalue weighted by Crippen LogP contribution is 2.29. The largest absolute Gasteiger partial charge is 0.465 e. The van der Waals surface area contributed by atoms with E-state index in [1.165, 1.54) is 31.3 Å². The highest BCUT2D eigenvalue weighted by molar-refractivity contribution is 5.79. The van der Waals surface area contributed by atoms with Crippen molar-refractivity contribution in [1.82, 2.24) is 9.80 Å². The van der Waals surface area contributed by atoms with Crippen LogP contribution in [-0.4, -0.2) is 48.4 Å². The summed E-state index contributed by atoms with van der Waals surface area (Å²) in [4.78, 5) is 16.8. The van der Waals surface area contributed by atoms with Crippen molar-refractivity contribution in [2.45, 2.75) is 45.1 Å². The molecule has 3 rings (SSSR count). The predicted octanol–water partition coefficient (Wildman–Crippen LogP) is 3.41. The molecule has 0 unspecified atom stereocenters. The van der Waals surface area contributed by atoms with Gasteiger partial charge in [-0.05, 0) is 50.9 Å². The molecule has 0 N–H and O–H groups in total. The number of nitrogens with zero attached hydrogens (tertiary/aromatic N) is 2. The molecule has 2 heterocycles. The zero-order valence-corrected chi connectivity index (χ0v) is 14.3. The lowest BCUT2D eigenvalue weighted by atomic mass is 10.1. The van der Waals surface area contributed by atoms with E-state index in [0.29, 0.717) is 17.9 Å². The van der Waals surface area contributed by atoms with E-state index in [4.69, 9.17) is 4.42 Å². The molecule has 126 valence electrons. The van der Waals surface area contributed by atoms with Gasteiger partial charge in [0.2, 0.25) is 5.91 Å². The van der Waals surface area contributed by atoms with Crippen molar-refractivity contribution in [3.63, 3.8) is 0 Å². The smallest absolute Gasteiger partial charge is 0.223 e. The molecule has 1 aromatic heterocycles. The number of furan rings is 1. The van der Waals surface area contributed by atoms with E-state index in [1.807, 2.05) is 12.1 Å². The quantitative estimate of drug-likeness (QED) is 0.807. The van der Waals surface area contributed by atoms with Crippen LogP contribution in [0.25, 0.3) is 6.08 Å². The first-order valence-electron chi connectivity index (χ1n) is 8.80. The maximum Gasteiger partial charge on any atom is 0.223 e. The van der Waals surface area contributed by atoms with Gasteiger partial charge < -0.3 is 14.2 Å². The van der Waals surface area contributed by atoms with Crippen LogP contribution in [-0.2, 0) is 4.79 Å². The van der Waals surface area contributed by atoms with E-state index in [0.717, 1.165) is 31.8 Å². The van der Waals surface area contributed by atoms with Gasteiger partial charge in [-0.1, -0.05) is 18.4 Å². The van der Waals surface area contributed by atoms with E-state index >= 15 is 0 Å². The zero-order chi connectivity index (χ0) is 16.2. The van der Waals surface area contributed by atoms with Crippen LogP contribution in [0.1, 0.15) is 44.8 Å². The third kappa shape index (κ3) is 4.25. The highest BCUT2D eigenvalue weighted by atomic mass is 16.3. The lowest BCUT2D eigenvalue weighted by Gasteiger charge is -2.25. The molecule has 0 spiro atoms. The minimum absolute atomic E-state index is 0.373. The Balaban J connectivity index is 1.48. The SMILES string of the molecule is C/C(=C\c1ccco1)CN(C)C[C@@H]1CC(=O)N(C2CCCC2)C1. The second-order valence-corrected chi connectivity index (χ2v) is 7.26. The molecule has 1 saturated carbocycles. The standard InChI is InChI=1S/C19H28N2O2/c1-15(10-18-8-5-9-23-18)12-20(2)13-16-11-19(22)21(14-16)17-6-3-4-7-17/h5,8-10,16-17H,3-4,6-7,11-14H2,1-2H3/b15-10+/t16-/m0/s1. The van der Waals surface area contributed by atoms with Crippen molar-refractivity contribution < 1.29 is 9.21 Å². The number of hydrogen-bond acceptors (Lipinski definition) is 3. The Labute approximate surface area is 139 Å². The number of carbonyl (C=O) groups excluding carboxylic acids is 1. The van der Waals surface area contributed by atoms with Crippen molar-refractivity contribution in [2.24, 2.45) is 5.92 Å². The first-order chi connectivity index (χ1) is 11.1. The van der Waals surface area contributed by atoms with Gasteiger partial charge in [-0.15, -0.1) is 0 Å². The Morgan fingerprint density at radius 2 is 2.22 bits per heavy atom. The Morgan fingerprint density at radius 3 is 2.91 bits per heavy atom. The van der Waals surface area contributed by atoms with Gasteiger partial charge in [-0.25, -0.2) is 0 Å². The molecular formula is C19H28N2O2. The molecule has 0 radical (unpaired) electrons. The van der Waals surface area contributed by atoms with Crippen molar-refractivity contribution in [3.8, 4) is 0 Å². The van der Waals surface area contributed by atoms with Crippen LogP contribution in [0.15, 0.2) is 28.4 Å². The summed E-state index contributed by atoms with van der Waals surface area (Å²) in [5.74, 6) is 1.75. The number of amides is 1. The van der Waals surface area contributed by atoms with E-state index in [-0.39, 0.29) is 0 Å². The molecule has 1 aliphatic carbocycles. The Bertz CT molecular complexity index is 544. The molecule has 1 aliphatic heterocycles. The van der Waals surface area contributed by atoms with Gasteiger partial charge in [0.15, 0.2) is 0 Å². The van der Waals surface area contributed by atoms with Crippen LogP contribution in [0, 0.1) is 5.92 Å². The molecule has 1 saturated heterocycles. The second-order valence-electron chi connectivity index (χ2n) is 7.26. The average Bonchev–Trinajstić information content (AvgIpc) is 3.20. The van der Waals surface area contributed by atoms with E-state index in [9.17, 15) is 4.79 Å². The van der Waals surface area contributed by atoms with Crippen molar-refractivity contribution in [3.05, 3.63) is 29.7 Å². The summed E-state index contributed by atoms with van der Waals surface area (Å²) >= 11 is 0.